The second-order valence-electron chi connectivity index (χ2n) is 4.25. The lowest BCUT2D eigenvalue weighted by Gasteiger charge is -2.06. The lowest BCUT2D eigenvalue weighted by molar-refractivity contribution is 0.0526. The monoisotopic (exact) mass is 266 g/mol. The van der Waals surface area contributed by atoms with Crippen molar-refractivity contribution in [2.24, 2.45) is 0 Å². The fraction of sp³-hybridized carbons (Fsp3) is 0.125. The SMILES string of the molecule is CCOC(=O)c1ccc(-c2cc(N)cc(C#N)c2)cc1. The van der Waals surface area contributed by atoms with Crippen LogP contribution in [0.3, 0.4) is 0 Å². The van der Waals surface area contributed by atoms with Crippen molar-refractivity contribution in [3.63, 3.8) is 0 Å². The van der Waals surface area contributed by atoms with Crippen LogP contribution >= 0.6 is 0 Å². The summed E-state index contributed by atoms with van der Waals surface area (Å²) in [4.78, 5) is 11.6. The van der Waals surface area contributed by atoms with Crippen LogP contribution in [0.2, 0.25) is 0 Å². The molecular formula is C16H14N2O2. The fourth-order valence-corrected chi connectivity index (χ4v) is 1.90. The number of hydrogen-bond acceptors (Lipinski definition) is 4. The minimum atomic E-state index is -0.343. The number of nitrogens with two attached hydrogens (primary N) is 1. The van der Waals surface area contributed by atoms with Gasteiger partial charge in [0.2, 0.25) is 0 Å². The highest BCUT2D eigenvalue weighted by molar-refractivity contribution is 5.90. The quantitative estimate of drug-likeness (QED) is 0.684. The molecule has 2 aromatic carbocycles. The number of anilines is 1. The number of nitriles is 1. The van der Waals surface area contributed by atoms with Crippen molar-refractivity contribution in [2.75, 3.05) is 12.3 Å². The molecule has 0 spiro atoms. The molecule has 2 N–H and O–H groups in total. The van der Waals surface area contributed by atoms with Gasteiger partial charge in [-0.15, -0.1) is 0 Å². The summed E-state index contributed by atoms with van der Waals surface area (Å²) in [5.74, 6) is -0.343. The largest absolute Gasteiger partial charge is 0.462 e. The van der Waals surface area contributed by atoms with Gasteiger partial charge in [-0.2, -0.15) is 5.26 Å². The van der Waals surface area contributed by atoms with Gasteiger partial charge >= 0.3 is 5.97 Å². The number of nitrogen functional groups attached to an aromatic ring is 1. The predicted octanol–water partition coefficient (Wildman–Crippen LogP) is 2.98. The third kappa shape index (κ3) is 2.96. The molecule has 0 heterocycles. The van der Waals surface area contributed by atoms with Crippen LogP contribution in [-0.2, 0) is 4.74 Å². The first-order chi connectivity index (χ1) is 9.63. The van der Waals surface area contributed by atoms with Crippen LogP contribution in [0.25, 0.3) is 11.1 Å². The molecule has 2 rings (SSSR count). The van der Waals surface area contributed by atoms with Crippen LogP contribution in [0, 0.1) is 11.3 Å². The summed E-state index contributed by atoms with van der Waals surface area (Å²) < 4.78 is 4.93. The molecule has 4 heteroatoms. The molecule has 0 atom stereocenters. The fourth-order valence-electron chi connectivity index (χ4n) is 1.90. The Morgan fingerprint density at radius 3 is 2.50 bits per heavy atom. The zero-order chi connectivity index (χ0) is 14.5. The van der Waals surface area contributed by atoms with Gasteiger partial charge in [0.15, 0.2) is 0 Å². The smallest absolute Gasteiger partial charge is 0.338 e. The van der Waals surface area contributed by atoms with Crippen LogP contribution in [0.5, 0.6) is 0 Å². The van der Waals surface area contributed by atoms with E-state index in [0.717, 1.165) is 11.1 Å². The third-order valence-corrected chi connectivity index (χ3v) is 2.81. The molecule has 2 aromatic rings. The molecule has 0 aliphatic rings. The topological polar surface area (TPSA) is 76.1 Å². The van der Waals surface area contributed by atoms with Gasteiger partial charge < -0.3 is 10.5 Å². The maximum atomic E-state index is 11.6. The van der Waals surface area contributed by atoms with Crippen molar-refractivity contribution in [2.45, 2.75) is 6.92 Å². The summed E-state index contributed by atoms with van der Waals surface area (Å²) in [5.41, 5.74) is 9.04. The van der Waals surface area contributed by atoms with E-state index in [1.807, 2.05) is 12.1 Å². The molecule has 0 saturated carbocycles. The van der Waals surface area contributed by atoms with E-state index < -0.39 is 0 Å². The maximum absolute atomic E-state index is 11.6. The van der Waals surface area contributed by atoms with E-state index >= 15 is 0 Å². The summed E-state index contributed by atoms with van der Waals surface area (Å²) in [7, 11) is 0. The van der Waals surface area contributed by atoms with Crippen molar-refractivity contribution in [3.8, 4) is 17.2 Å². The van der Waals surface area contributed by atoms with Gasteiger partial charge in [0.1, 0.15) is 0 Å². The Bertz CT molecular complexity index is 670. The highest BCUT2D eigenvalue weighted by Gasteiger charge is 2.07. The molecule has 100 valence electrons. The Kier molecular flexibility index (Phi) is 4.02. The van der Waals surface area contributed by atoms with Gasteiger partial charge in [-0.3, -0.25) is 0 Å². The summed E-state index contributed by atoms with van der Waals surface area (Å²) >= 11 is 0. The zero-order valence-electron chi connectivity index (χ0n) is 11.1. The Morgan fingerprint density at radius 2 is 1.90 bits per heavy atom. The Hall–Kier alpha value is -2.80. The normalized spacial score (nSPS) is 9.80. The van der Waals surface area contributed by atoms with Crippen molar-refractivity contribution in [1.29, 1.82) is 5.26 Å². The number of ether oxygens (including phenoxy) is 1. The first-order valence-electron chi connectivity index (χ1n) is 6.22. The number of nitrogens with zero attached hydrogens (tertiary/aromatic N) is 1. The second-order valence-corrected chi connectivity index (χ2v) is 4.25. The van der Waals surface area contributed by atoms with Gasteiger partial charge in [-0.05, 0) is 48.4 Å². The minimum Gasteiger partial charge on any atom is -0.462 e. The standard InChI is InChI=1S/C16H14N2O2/c1-2-20-16(19)13-5-3-12(4-6-13)14-7-11(10-17)8-15(18)9-14/h3-9H,2,18H2,1H3. The van der Waals surface area contributed by atoms with Gasteiger partial charge in [0.25, 0.3) is 0 Å². The van der Waals surface area contributed by atoms with Gasteiger partial charge in [-0.25, -0.2) is 4.79 Å². The molecule has 4 nitrogen and oxygen atoms in total. The van der Waals surface area contributed by atoms with Crippen LogP contribution < -0.4 is 5.73 Å². The van der Waals surface area contributed by atoms with E-state index in [9.17, 15) is 4.79 Å². The van der Waals surface area contributed by atoms with E-state index in [1.165, 1.54) is 0 Å². The summed E-state index contributed by atoms with van der Waals surface area (Å²) in [5, 5.41) is 8.94. The van der Waals surface area contributed by atoms with E-state index in [4.69, 9.17) is 15.7 Å². The number of rotatable bonds is 3. The number of carbonyl (C=O) groups is 1. The second kappa shape index (κ2) is 5.89. The maximum Gasteiger partial charge on any atom is 0.338 e. The van der Waals surface area contributed by atoms with Gasteiger partial charge in [-0.1, -0.05) is 12.1 Å². The van der Waals surface area contributed by atoms with Crippen molar-refractivity contribution in [1.82, 2.24) is 0 Å². The molecule has 0 saturated heterocycles. The number of benzene rings is 2. The molecule has 0 fully saturated rings. The third-order valence-electron chi connectivity index (χ3n) is 2.81. The summed E-state index contributed by atoms with van der Waals surface area (Å²) in [6, 6.07) is 14.3. The van der Waals surface area contributed by atoms with Crippen molar-refractivity contribution < 1.29 is 9.53 Å². The van der Waals surface area contributed by atoms with E-state index in [-0.39, 0.29) is 5.97 Å². The molecule has 0 aliphatic carbocycles. The molecular weight excluding hydrogens is 252 g/mol. The number of carbonyl (C=O) groups excluding carboxylic acids is 1. The van der Waals surface area contributed by atoms with E-state index in [2.05, 4.69) is 6.07 Å². The average molecular weight is 266 g/mol. The average Bonchev–Trinajstić information content (AvgIpc) is 2.47. The molecule has 0 aromatic heterocycles. The molecule has 20 heavy (non-hydrogen) atoms. The van der Waals surface area contributed by atoms with Crippen molar-refractivity contribution in [3.05, 3.63) is 53.6 Å². The first-order valence-corrected chi connectivity index (χ1v) is 6.22. The highest BCUT2D eigenvalue weighted by atomic mass is 16.5. The van der Waals surface area contributed by atoms with Crippen LogP contribution in [-0.4, -0.2) is 12.6 Å². The zero-order valence-corrected chi connectivity index (χ0v) is 11.1. The predicted molar refractivity (Wildman–Crippen MR) is 77.0 cm³/mol. The Balaban J connectivity index is 2.33. The summed E-state index contributed by atoms with van der Waals surface area (Å²) in [6.45, 7) is 2.11. The summed E-state index contributed by atoms with van der Waals surface area (Å²) in [6.07, 6.45) is 0. The lowest BCUT2D eigenvalue weighted by Crippen LogP contribution is -2.04. The van der Waals surface area contributed by atoms with E-state index in [0.29, 0.717) is 23.4 Å². The van der Waals surface area contributed by atoms with Crippen molar-refractivity contribution >= 4 is 11.7 Å². The number of esters is 1. The van der Waals surface area contributed by atoms with Crippen LogP contribution in [0.1, 0.15) is 22.8 Å². The Labute approximate surface area is 117 Å². The van der Waals surface area contributed by atoms with E-state index in [1.54, 1.807) is 37.3 Å². The molecule has 0 unspecified atom stereocenters. The first kappa shape index (κ1) is 13.6. The van der Waals surface area contributed by atoms with Gasteiger partial charge in [0, 0.05) is 5.69 Å². The lowest BCUT2D eigenvalue weighted by atomic mass is 10.0. The highest BCUT2D eigenvalue weighted by Crippen LogP contribution is 2.24. The molecule has 0 radical (unpaired) electrons. The number of hydrogen-bond donors (Lipinski definition) is 1. The van der Waals surface area contributed by atoms with Crippen LogP contribution in [0.15, 0.2) is 42.5 Å². The minimum absolute atomic E-state index is 0.343. The van der Waals surface area contributed by atoms with Gasteiger partial charge in [0.05, 0.1) is 23.8 Å². The molecule has 0 amide bonds. The Morgan fingerprint density at radius 1 is 1.20 bits per heavy atom. The molecule has 0 aliphatic heterocycles. The van der Waals surface area contributed by atoms with Crippen LogP contribution in [0.4, 0.5) is 5.69 Å². The molecule has 0 bridgehead atoms.